The van der Waals surface area contributed by atoms with E-state index in [1.54, 1.807) is 4.68 Å². The second-order valence-electron chi connectivity index (χ2n) is 4.64. The van der Waals surface area contributed by atoms with Crippen LogP contribution in [-0.4, -0.2) is 20.9 Å². The van der Waals surface area contributed by atoms with Gasteiger partial charge in [0.25, 0.3) is 0 Å². The molecule has 2 aromatic carbocycles. The van der Waals surface area contributed by atoms with E-state index in [4.69, 9.17) is 0 Å². The average Bonchev–Trinajstić information content (AvgIpc) is 2.98. The lowest BCUT2D eigenvalue weighted by atomic mass is 10.2. The highest BCUT2D eigenvalue weighted by atomic mass is 16.1. The van der Waals surface area contributed by atoms with Crippen LogP contribution in [0.2, 0.25) is 0 Å². The maximum Gasteiger partial charge on any atom is 0.221 e. The van der Waals surface area contributed by atoms with Crippen LogP contribution in [0.1, 0.15) is 6.92 Å². The third kappa shape index (κ3) is 2.97. The second-order valence-corrected chi connectivity index (χ2v) is 4.64. The van der Waals surface area contributed by atoms with Gasteiger partial charge in [0, 0.05) is 18.2 Å². The molecule has 0 radical (unpaired) electrons. The van der Waals surface area contributed by atoms with Crippen LogP contribution in [0.25, 0.3) is 16.9 Å². The lowest BCUT2D eigenvalue weighted by Crippen LogP contribution is -2.05. The predicted molar refractivity (Wildman–Crippen MR) is 81.1 cm³/mol. The molecule has 1 N–H and O–H groups in total. The van der Waals surface area contributed by atoms with Gasteiger partial charge in [0.1, 0.15) is 5.69 Å². The van der Waals surface area contributed by atoms with Gasteiger partial charge in [-0.05, 0) is 24.3 Å². The highest BCUT2D eigenvalue weighted by Gasteiger charge is 2.05. The largest absolute Gasteiger partial charge is 0.326 e. The first kappa shape index (κ1) is 13.1. The zero-order valence-corrected chi connectivity index (χ0v) is 11.5. The first-order chi connectivity index (χ1) is 10.2. The molecule has 1 aromatic heterocycles. The summed E-state index contributed by atoms with van der Waals surface area (Å²) in [6, 6.07) is 17.3. The van der Waals surface area contributed by atoms with E-state index < -0.39 is 0 Å². The van der Waals surface area contributed by atoms with Gasteiger partial charge in [-0.1, -0.05) is 35.5 Å². The number of benzene rings is 2. The highest BCUT2D eigenvalue weighted by Crippen LogP contribution is 2.18. The minimum atomic E-state index is -0.0881. The van der Waals surface area contributed by atoms with Crippen LogP contribution in [0.15, 0.2) is 60.8 Å². The van der Waals surface area contributed by atoms with Crippen LogP contribution in [0.4, 0.5) is 5.69 Å². The average molecular weight is 278 g/mol. The Morgan fingerprint density at radius 3 is 2.43 bits per heavy atom. The normalized spacial score (nSPS) is 10.3. The van der Waals surface area contributed by atoms with Crippen LogP contribution in [0.3, 0.4) is 0 Å². The fraction of sp³-hybridized carbons (Fsp3) is 0.0625. The Labute approximate surface area is 122 Å². The number of rotatable bonds is 3. The fourth-order valence-corrected chi connectivity index (χ4v) is 2.03. The molecule has 5 nitrogen and oxygen atoms in total. The van der Waals surface area contributed by atoms with Crippen LogP contribution in [0.5, 0.6) is 0 Å². The number of hydrogen-bond donors (Lipinski definition) is 1. The predicted octanol–water partition coefficient (Wildman–Crippen LogP) is 2.89. The standard InChI is InChI=1S/C16H14N4O/c1-12(21)17-14-7-9-15(10-8-14)20-11-16(18-19-20)13-5-3-2-4-6-13/h2-11H,1H3,(H,17,21). The van der Waals surface area contributed by atoms with Crippen LogP contribution < -0.4 is 5.32 Å². The summed E-state index contributed by atoms with van der Waals surface area (Å²) in [5.74, 6) is -0.0881. The smallest absolute Gasteiger partial charge is 0.221 e. The van der Waals surface area contributed by atoms with Crippen molar-refractivity contribution in [3.05, 3.63) is 60.8 Å². The Kier molecular flexibility index (Phi) is 3.47. The Morgan fingerprint density at radius 2 is 1.76 bits per heavy atom. The molecular weight excluding hydrogens is 264 g/mol. The van der Waals surface area contributed by atoms with Crippen molar-refractivity contribution in [1.29, 1.82) is 0 Å². The first-order valence-corrected chi connectivity index (χ1v) is 6.58. The van der Waals surface area contributed by atoms with Gasteiger partial charge in [-0.3, -0.25) is 4.79 Å². The number of carbonyl (C=O) groups excluding carboxylic acids is 1. The molecule has 3 aromatic rings. The van der Waals surface area contributed by atoms with E-state index in [1.807, 2.05) is 60.8 Å². The van der Waals surface area contributed by atoms with Crippen molar-refractivity contribution in [3.63, 3.8) is 0 Å². The molecule has 0 fully saturated rings. The van der Waals surface area contributed by atoms with E-state index in [1.165, 1.54) is 6.92 Å². The van der Waals surface area contributed by atoms with Gasteiger partial charge in [-0.2, -0.15) is 0 Å². The van der Waals surface area contributed by atoms with Gasteiger partial charge < -0.3 is 5.32 Å². The van der Waals surface area contributed by atoms with Gasteiger partial charge in [0.2, 0.25) is 5.91 Å². The molecule has 0 unspecified atom stereocenters. The third-order valence-electron chi connectivity index (χ3n) is 3.02. The van der Waals surface area contributed by atoms with Gasteiger partial charge in [-0.25, -0.2) is 4.68 Å². The molecule has 0 aliphatic heterocycles. The number of carbonyl (C=O) groups is 1. The SMILES string of the molecule is CC(=O)Nc1ccc(-n2cc(-c3ccccc3)nn2)cc1. The molecule has 21 heavy (non-hydrogen) atoms. The summed E-state index contributed by atoms with van der Waals surface area (Å²) in [6.07, 6.45) is 1.88. The lowest BCUT2D eigenvalue weighted by Gasteiger charge is -2.03. The van der Waals surface area contributed by atoms with Crippen molar-refractivity contribution in [2.24, 2.45) is 0 Å². The summed E-state index contributed by atoms with van der Waals surface area (Å²) in [6.45, 7) is 1.48. The summed E-state index contributed by atoms with van der Waals surface area (Å²) in [7, 11) is 0. The molecule has 0 saturated carbocycles. The van der Waals surface area contributed by atoms with E-state index in [9.17, 15) is 4.79 Å². The summed E-state index contributed by atoms with van der Waals surface area (Å²) in [5.41, 5.74) is 3.49. The molecule has 1 amide bonds. The number of nitrogens with zero attached hydrogens (tertiary/aromatic N) is 3. The molecule has 1 heterocycles. The lowest BCUT2D eigenvalue weighted by molar-refractivity contribution is -0.114. The quantitative estimate of drug-likeness (QED) is 0.801. The third-order valence-corrected chi connectivity index (χ3v) is 3.02. The molecule has 0 aliphatic rings. The van der Waals surface area contributed by atoms with Gasteiger partial charge in [0.05, 0.1) is 11.9 Å². The molecular formula is C16H14N4O. The monoisotopic (exact) mass is 278 g/mol. The van der Waals surface area contributed by atoms with Crippen LogP contribution in [-0.2, 0) is 4.79 Å². The van der Waals surface area contributed by atoms with E-state index in [0.29, 0.717) is 0 Å². The van der Waals surface area contributed by atoms with Crippen molar-refractivity contribution in [1.82, 2.24) is 15.0 Å². The number of nitrogens with one attached hydrogen (secondary N) is 1. The van der Waals surface area contributed by atoms with E-state index in [-0.39, 0.29) is 5.91 Å². The zero-order chi connectivity index (χ0) is 14.7. The van der Waals surface area contributed by atoms with Gasteiger partial charge in [-0.15, -0.1) is 5.10 Å². The van der Waals surface area contributed by atoms with Crippen molar-refractivity contribution in [3.8, 4) is 16.9 Å². The molecule has 0 bridgehead atoms. The molecule has 104 valence electrons. The Hall–Kier alpha value is -2.95. The van der Waals surface area contributed by atoms with Crippen molar-refractivity contribution < 1.29 is 4.79 Å². The maximum atomic E-state index is 11.0. The van der Waals surface area contributed by atoms with Gasteiger partial charge >= 0.3 is 0 Å². The number of amides is 1. The molecule has 3 rings (SSSR count). The van der Waals surface area contributed by atoms with E-state index >= 15 is 0 Å². The summed E-state index contributed by atoms with van der Waals surface area (Å²) in [4.78, 5) is 11.0. The summed E-state index contributed by atoms with van der Waals surface area (Å²) >= 11 is 0. The van der Waals surface area contributed by atoms with Crippen molar-refractivity contribution >= 4 is 11.6 Å². The Bertz CT molecular complexity index is 747. The van der Waals surface area contributed by atoms with Crippen molar-refractivity contribution in [2.45, 2.75) is 6.92 Å². The van der Waals surface area contributed by atoms with Crippen LogP contribution >= 0.6 is 0 Å². The van der Waals surface area contributed by atoms with E-state index in [2.05, 4.69) is 15.6 Å². The zero-order valence-electron chi connectivity index (χ0n) is 11.5. The Balaban J connectivity index is 1.85. The summed E-state index contributed by atoms with van der Waals surface area (Å²) in [5, 5.41) is 11.0. The van der Waals surface area contributed by atoms with Crippen molar-refractivity contribution in [2.75, 3.05) is 5.32 Å². The molecule has 0 aliphatic carbocycles. The van der Waals surface area contributed by atoms with E-state index in [0.717, 1.165) is 22.6 Å². The van der Waals surface area contributed by atoms with Crippen LogP contribution in [0, 0.1) is 0 Å². The number of hydrogen-bond acceptors (Lipinski definition) is 3. The highest BCUT2D eigenvalue weighted by molar-refractivity contribution is 5.88. The minimum absolute atomic E-state index is 0.0881. The summed E-state index contributed by atoms with van der Waals surface area (Å²) < 4.78 is 1.71. The Morgan fingerprint density at radius 1 is 1.05 bits per heavy atom. The number of anilines is 1. The van der Waals surface area contributed by atoms with Gasteiger partial charge in [0.15, 0.2) is 0 Å². The number of aromatic nitrogens is 3. The minimum Gasteiger partial charge on any atom is -0.326 e. The first-order valence-electron chi connectivity index (χ1n) is 6.58. The topological polar surface area (TPSA) is 59.8 Å². The molecule has 5 heteroatoms. The molecule has 0 atom stereocenters. The molecule has 0 saturated heterocycles. The fourth-order valence-electron chi connectivity index (χ4n) is 2.03. The molecule has 0 spiro atoms. The second kappa shape index (κ2) is 5.58. The maximum absolute atomic E-state index is 11.0.